The van der Waals surface area contributed by atoms with Gasteiger partial charge in [0, 0.05) is 10.6 Å². The van der Waals surface area contributed by atoms with Crippen LogP contribution in [-0.2, 0) is 11.2 Å². The summed E-state index contributed by atoms with van der Waals surface area (Å²) in [5, 5.41) is 11.7. The van der Waals surface area contributed by atoms with Crippen molar-refractivity contribution in [2.75, 3.05) is 5.32 Å². The van der Waals surface area contributed by atoms with Crippen LogP contribution in [0.25, 0.3) is 0 Å². The van der Waals surface area contributed by atoms with E-state index in [1.807, 2.05) is 6.07 Å². The highest BCUT2D eigenvalue weighted by atomic mass is 35.5. The van der Waals surface area contributed by atoms with E-state index in [0.29, 0.717) is 11.3 Å². The zero-order valence-corrected chi connectivity index (χ0v) is 12.2. The predicted molar refractivity (Wildman–Crippen MR) is 79.9 cm³/mol. The Morgan fingerprint density at radius 2 is 2.00 bits per heavy atom. The lowest BCUT2D eigenvalue weighted by Crippen LogP contribution is -2.15. The molecule has 0 aliphatic carbocycles. The van der Waals surface area contributed by atoms with Gasteiger partial charge in [-0.1, -0.05) is 29.3 Å². The summed E-state index contributed by atoms with van der Waals surface area (Å²) in [4.78, 5) is 11.9. The molecule has 3 nitrogen and oxygen atoms in total. The molecule has 1 amide bonds. The van der Waals surface area contributed by atoms with E-state index < -0.39 is 11.7 Å². The Balaban J connectivity index is 2.14. The molecule has 0 aliphatic rings. The second kappa shape index (κ2) is 6.57. The van der Waals surface area contributed by atoms with Gasteiger partial charge in [-0.3, -0.25) is 4.79 Å². The molecule has 21 heavy (non-hydrogen) atoms. The first-order chi connectivity index (χ1) is 10.0. The van der Waals surface area contributed by atoms with Crippen molar-refractivity contribution in [2.24, 2.45) is 0 Å². The number of nitrogens with one attached hydrogen (secondary N) is 1. The second-order valence-corrected chi connectivity index (χ2v) is 5.05. The lowest BCUT2D eigenvalue weighted by molar-refractivity contribution is -0.115. The van der Waals surface area contributed by atoms with E-state index in [-0.39, 0.29) is 22.0 Å². The van der Waals surface area contributed by atoms with E-state index in [9.17, 15) is 9.18 Å². The standard InChI is InChI=1S/C15H9Cl2FN2O/c16-11-2-1-3-13(18)10(11)7-15(21)20-14-5-4-9(8-19)6-12(14)17/h1-6H,7H2,(H,20,21). The summed E-state index contributed by atoms with van der Waals surface area (Å²) in [6.07, 6.45) is -0.207. The normalized spacial score (nSPS) is 10.0. The second-order valence-electron chi connectivity index (χ2n) is 4.23. The minimum Gasteiger partial charge on any atom is -0.324 e. The Bertz CT molecular complexity index is 721. The van der Waals surface area contributed by atoms with Crippen molar-refractivity contribution < 1.29 is 9.18 Å². The van der Waals surface area contributed by atoms with Crippen LogP contribution in [0.1, 0.15) is 11.1 Å². The minimum absolute atomic E-state index is 0.126. The van der Waals surface area contributed by atoms with Crippen LogP contribution in [0.5, 0.6) is 0 Å². The highest BCUT2D eigenvalue weighted by molar-refractivity contribution is 6.34. The van der Waals surface area contributed by atoms with Crippen LogP contribution in [0.3, 0.4) is 0 Å². The summed E-state index contributed by atoms with van der Waals surface area (Å²) in [5.74, 6) is -0.989. The highest BCUT2D eigenvalue weighted by Crippen LogP contribution is 2.24. The van der Waals surface area contributed by atoms with E-state index in [1.165, 1.54) is 36.4 Å². The van der Waals surface area contributed by atoms with Gasteiger partial charge in [0.05, 0.1) is 28.8 Å². The smallest absolute Gasteiger partial charge is 0.229 e. The first-order valence-electron chi connectivity index (χ1n) is 5.93. The molecule has 0 bridgehead atoms. The van der Waals surface area contributed by atoms with Crippen molar-refractivity contribution in [3.8, 4) is 6.07 Å². The van der Waals surface area contributed by atoms with Crippen LogP contribution in [0.15, 0.2) is 36.4 Å². The first kappa shape index (κ1) is 15.3. The fraction of sp³-hybridized carbons (Fsp3) is 0.0667. The Morgan fingerprint density at radius 1 is 1.24 bits per heavy atom. The molecule has 0 atom stereocenters. The number of halogens is 3. The van der Waals surface area contributed by atoms with Gasteiger partial charge in [0.1, 0.15) is 5.82 Å². The maximum atomic E-state index is 13.6. The summed E-state index contributed by atoms with van der Waals surface area (Å²) in [6.45, 7) is 0. The highest BCUT2D eigenvalue weighted by Gasteiger charge is 2.13. The zero-order valence-electron chi connectivity index (χ0n) is 10.7. The number of hydrogen-bond acceptors (Lipinski definition) is 2. The number of nitrogens with zero attached hydrogens (tertiary/aromatic N) is 1. The topological polar surface area (TPSA) is 52.9 Å². The van der Waals surface area contributed by atoms with Gasteiger partial charge in [-0.25, -0.2) is 4.39 Å². The average molecular weight is 323 g/mol. The molecule has 2 aromatic rings. The van der Waals surface area contributed by atoms with Crippen molar-refractivity contribution in [2.45, 2.75) is 6.42 Å². The molecule has 106 valence electrons. The molecule has 2 aromatic carbocycles. The van der Waals surface area contributed by atoms with E-state index in [2.05, 4.69) is 5.32 Å². The van der Waals surface area contributed by atoms with Gasteiger partial charge >= 0.3 is 0 Å². The lowest BCUT2D eigenvalue weighted by atomic mass is 10.1. The molecule has 0 aliphatic heterocycles. The monoisotopic (exact) mass is 322 g/mol. The molecule has 1 N–H and O–H groups in total. The molecule has 0 spiro atoms. The van der Waals surface area contributed by atoms with Crippen molar-refractivity contribution in [3.05, 3.63) is 63.4 Å². The Morgan fingerprint density at radius 3 is 2.62 bits per heavy atom. The molecular weight excluding hydrogens is 314 g/mol. The first-order valence-corrected chi connectivity index (χ1v) is 6.69. The maximum Gasteiger partial charge on any atom is 0.229 e. The predicted octanol–water partition coefficient (Wildman–Crippen LogP) is 4.19. The fourth-order valence-corrected chi connectivity index (χ4v) is 2.20. The third-order valence-electron chi connectivity index (χ3n) is 2.77. The van der Waals surface area contributed by atoms with E-state index in [0.717, 1.165) is 0 Å². The van der Waals surface area contributed by atoms with Crippen LogP contribution < -0.4 is 5.32 Å². The van der Waals surface area contributed by atoms with Crippen molar-refractivity contribution in [3.63, 3.8) is 0 Å². The number of hydrogen-bond donors (Lipinski definition) is 1. The Kier molecular flexibility index (Phi) is 4.79. The number of carbonyl (C=O) groups excluding carboxylic acids is 1. The number of rotatable bonds is 3. The molecule has 2 rings (SSSR count). The molecule has 0 saturated carbocycles. The molecular formula is C15H9Cl2FN2O. The molecule has 0 aromatic heterocycles. The maximum absolute atomic E-state index is 13.6. The van der Waals surface area contributed by atoms with E-state index in [1.54, 1.807) is 0 Å². The fourth-order valence-electron chi connectivity index (χ4n) is 1.74. The van der Waals surface area contributed by atoms with Gasteiger partial charge in [0.2, 0.25) is 5.91 Å². The van der Waals surface area contributed by atoms with Crippen LogP contribution in [-0.4, -0.2) is 5.91 Å². The van der Waals surface area contributed by atoms with Crippen molar-refractivity contribution >= 4 is 34.8 Å². The van der Waals surface area contributed by atoms with Crippen LogP contribution in [0.2, 0.25) is 10.0 Å². The van der Waals surface area contributed by atoms with E-state index in [4.69, 9.17) is 28.5 Å². The van der Waals surface area contributed by atoms with Gasteiger partial charge in [-0.15, -0.1) is 0 Å². The van der Waals surface area contributed by atoms with Crippen LogP contribution >= 0.6 is 23.2 Å². The van der Waals surface area contributed by atoms with Crippen molar-refractivity contribution in [1.82, 2.24) is 0 Å². The quantitative estimate of drug-likeness (QED) is 0.921. The van der Waals surface area contributed by atoms with Crippen molar-refractivity contribution in [1.29, 1.82) is 5.26 Å². The van der Waals surface area contributed by atoms with Crippen LogP contribution in [0.4, 0.5) is 10.1 Å². The lowest BCUT2D eigenvalue weighted by Gasteiger charge is -2.09. The summed E-state index contributed by atoms with van der Waals surface area (Å²) < 4.78 is 13.6. The van der Waals surface area contributed by atoms with Crippen LogP contribution in [0, 0.1) is 17.1 Å². The SMILES string of the molecule is N#Cc1ccc(NC(=O)Cc2c(F)cccc2Cl)c(Cl)c1. The average Bonchev–Trinajstić information content (AvgIpc) is 2.45. The van der Waals surface area contributed by atoms with Gasteiger partial charge in [0.15, 0.2) is 0 Å². The number of amides is 1. The van der Waals surface area contributed by atoms with Gasteiger partial charge in [-0.2, -0.15) is 5.26 Å². The summed E-state index contributed by atoms with van der Waals surface area (Å²) in [6, 6.07) is 10.6. The van der Waals surface area contributed by atoms with Gasteiger partial charge in [0.25, 0.3) is 0 Å². The molecule has 6 heteroatoms. The summed E-state index contributed by atoms with van der Waals surface area (Å²) in [5.41, 5.74) is 0.865. The summed E-state index contributed by atoms with van der Waals surface area (Å²) >= 11 is 11.8. The Hall–Kier alpha value is -2.09. The third kappa shape index (κ3) is 3.72. The third-order valence-corrected chi connectivity index (χ3v) is 3.44. The number of carbonyl (C=O) groups is 1. The van der Waals surface area contributed by atoms with Gasteiger partial charge < -0.3 is 5.32 Å². The largest absolute Gasteiger partial charge is 0.324 e. The zero-order chi connectivity index (χ0) is 15.4. The molecule has 0 saturated heterocycles. The number of nitriles is 1. The van der Waals surface area contributed by atoms with E-state index >= 15 is 0 Å². The van der Waals surface area contributed by atoms with Gasteiger partial charge in [-0.05, 0) is 30.3 Å². The molecule has 0 unspecified atom stereocenters. The molecule has 0 heterocycles. The molecule has 0 radical (unpaired) electrons. The molecule has 0 fully saturated rings. The number of benzene rings is 2. The summed E-state index contributed by atoms with van der Waals surface area (Å²) in [7, 11) is 0. The Labute approximate surface area is 130 Å². The minimum atomic E-state index is -0.538. The number of anilines is 1.